The van der Waals surface area contributed by atoms with E-state index in [1.54, 1.807) is 12.3 Å². The average Bonchev–Trinajstić information content (AvgIpc) is 2.87. The molecule has 1 saturated carbocycles. The average molecular weight is 325 g/mol. The minimum Gasteiger partial charge on any atom is -0.461 e. The zero-order valence-corrected chi connectivity index (χ0v) is 13.7. The zero-order valence-electron chi connectivity index (χ0n) is 12.9. The number of nitrogen functional groups attached to an aromatic ring is 1. The molecule has 0 amide bonds. The van der Waals surface area contributed by atoms with E-state index in [0.29, 0.717) is 10.8 Å². The summed E-state index contributed by atoms with van der Waals surface area (Å²) in [7, 11) is 0. The Balaban J connectivity index is 2.07. The maximum atomic E-state index is 12.0. The Morgan fingerprint density at radius 3 is 2.64 bits per heavy atom. The van der Waals surface area contributed by atoms with Crippen molar-refractivity contribution in [1.29, 1.82) is 0 Å². The van der Waals surface area contributed by atoms with Gasteiger partial charge in [-0.3, -0.25) is 0 Å². The minimum atomic E-state index is -0.529. The van der Waals surface area contributed by atoms with E-state index in [2.05, 4.69) is 10.1 Å². The molecule has 2 rings (SSSR count). The number of hydrogen-bond acceptors (Lipinski definition) is 7. The molecule has 0 aromatic carbocycles. The van der Waals surface area contributed by atoms with Gasteiger partial charge in [0, 0.05) is 5.38 Å². The maximum absolute atomic E-state index is 12.0. The predicted molar refractivity (Wildman–Crippen MR) is 86.9 cm³/mol. The molecule has 1 aliphatic rings. The van der Waals surface area contributed by atoms with Gasteiger partial charge in [-0.25, -0.2) is 9.78 Å². The summed E-state index contributed by atoms with van der Waals surface area (Å²) in [5.41, 5.74) is 6.13. The monoisotopic (exact) mass is 325 g/mol. The van der Waals surface area contributed by atoms with Crippen molar-refractivity contribution in [3.05, 3.63) is 11.1 Å². The lowest BCUT2D eigenvalue weighted by Gasteiger charge is -2.18. The molecule has 0 aliphatic heterocycles. The summed E-state index contributed by atoms with van der Waals surface area (Å²) in [5.74, 6) is -0.529. The number of ether oxygens (including phenoxy) is 1. The van der Waals surface area contributed by atoms with Gasteiger partial charge in [-0.15, -0.1) is 11.3 Å². The van der Waals surface area contributed by atoms with Gasteiger partial charge in [-0.2, -0.15) is 0 Å². The van der Waals surface area contributed by atoms with Crippen molar-refractivity contribution in [1.82, 2.24) is 4.98 Å². The van der Waals surface area contributed by atoms with E-state index < -0.39 is 5.97 Å². The summed E-state index contributed by atoms with van der Waals surface area (Å²) in [6.45, 7) is 2.03. The first kappa shape index (κ1) is 16.7. The molecule has 0 spiro atoms. The van der Waals surface area contributed by atoms with E-state index in [4.69, 9.17) is 15.3 Å². The molecule has 2 N–H and O–H groups in total. The second kappa shape index (κ2) is 8.73. The standard InChI is InChI=1S/C15H23N3O3S/c1-2-20-14(19)13(12-10-22-15(16)17-12)18-21-11-8-6-4-3-5-7-9-11/h10-11H,2-9H2,1H3,(H2,16,17)/b18-13+. The van der Waals surface area contributed by atoms with E-state index >= 15 is 0 Å². The highest BCUT2D eigenvalue weighted by Crippen LogP contribution is 2.20. The van der Waals surface area contributed by atoms with Crippen molar-refractivity contribution in [3.8, 4) is 0 Å². The number of nitrogens with two attached hydrogens (primary N) is 1. The smallest absolute Gasteiger partial charge is 0.362 e. The Morgan fingerprint density at radius 1 is 1.36 bits per heavy atom. The van der Waals surface area contributed by atoms with Gasteiger partial charge in [0.25, 0.3) is 0 Å². The largest absolute Gasteiger partial charge is 0.461 e. The van der Waals surface area contributed by atoms with Crippen LogP contribution in [0.5, 0.6) is 0 Å². The molecule has 0 bridgehead atoms. The van der Waals surface area contributed by atoms with E-state index in [0.717, 1.165) is 25.7 Å². The van der Waals surface area contributed by atoms with Crippen LogP contribution in [0.2, 0.25) is 0 Å². The SMILES string of the molecule is CCOC(=O)/C(=N/OC1CCCCCCC1)c1csc(N)n1. The van der Waals surface area contributed by atoms with Crippen LogP contribution in [0.3, 0.4) is 0 Å². The number of thiazole rings is 1. The molecular weight excluding hydrogens is 302 g/mol. The lowest BCUT2D eigenvalue weighted by Crippen LogP contribution is -2.21. The topological polar surface area (TPSA) is 86.8 Å². The van der Waals surface area contributed by atoms with Crippen LogP contribution in [0.15, 0.2) is 10.5 Å². The van der Waals surface area contributed by atoms with Crippen molar-refractivity contribution >= 4 is 28.1 Å². The first-order valence-corrected chi connectivity index (χ1v) is 8.71. The van der Waals surface area contributed by atoms with Crippen molar-refractivity contribution in [2.24, 2.45) is 5.16 Å². The fourth-order valence-electron chi connectivity index (χ4n) is 2.44. The molecule has 1 aliphatic carbocycles. The molecule has 0 atom stereocenters. The molecule has 22 heavy (non-hydrogen) atoms. The minimum absolute atomic E-state index is 0.0562. The number of carbonyl (C=O) groups excluding carboxylic acids is 1. The number of nitrogens with zero attached hydrogens (tertiary/aromatic N) is 2. The van der Waals surface area contributed by atoms with Crippen LogP contribution >= 0.6 is 11.3 Å². The lowest BCUT2D eigenvalue weighted by atomic mass is 9.99. The molecule has 1 heterocycles. The predicted octanol–water partition coefficient (Wildman–Crippen LogP) is 3.12. The highest BCUT2D eigenvalue weighted by atomic mass is 32.1. The van der Waals surface area contributed by atoms with E-state index in [9.17, 15) is 4.79 Å². The highest BCUT2D eigenvalue weighted by Gasteiger charge is 2.21. The number of hydrogen-bond donors (Lipinski definition) is 1. The third kappa shape index (κ3) is 4.98. The Kier molecular flexibility index (Phi) is 6.64. The number of esters is 1. The molecule has 0 unspecified atom stereocenters. The molecule has 1 aromatic heterocycles. The van der Waals surface area contributed by atoms with Gasteiger partial charge >= 0.3 is 5.97 Å². The first-order valence-electron chi connectivity index (χ1n) is 7.83. The first-order chi connectivity index (χ1) is 10.7. The normalized spacial score (nSPS) is 17.6. The van der Waals surface area contributed by atoms with Gasteiger partial charge in [0.1, 0.15) is 11.8 Å². The summed E-state index contributed by atoms with van der Waals surface area (Å²) in [5, 5.41) is 6.13. The van der Waals surface area contributed by atoms with Crippen LogP contribution in [-0.2, 0) is 14.4 Å². The van der Waals surface area contributed by atoms with Crippen LogP contribution in [0.4, 0.5) is 5.13 Å². The lowest BCUT2D eigenvalue weighted by molar-refractivity contribution is -0.135. The van der Waals surface area contributed by atoms with Crippen LogP contribution in [0.25, 0.3) is 0 Å². The molecule has 7 heteroatoms. The molecule has 1 fully saturated rings. The quantitative estimate of drug-likeness (QED) is 0.510. The fraction of sp³-hybridized carbons (Fsp3) is 0.667. The molecule has 122 valence electrons. The molecule has 0 radical (unpaired) electrons. The fourth-order valence-corrected chi connectivity index (χ4v) is 2.98. The van der Waals surface area contributed by atoms with Gasteiger partial charge in [-0.05, 0) is 32.6 Å². The van der Waals surface area contributed by atoms with Crippen molar-refractivity contribution in [2.45, 2.75) is 58.0 Å². The van der Waals surface area contributed by atoms with Crippen molar-refractivity contribution < 1.29 is 14.4 Å². The van der Waals surface area contributed by atoms with Crippen LogP contribution in [0, 0.1) is 0 Å². The molecule has 1 aromatic rings. The van der Waals surface area contributed by atoms with Gasteiger partial charge in [-0.1, -0.05) is 24.4 Å². The van der Waals surface area contributed by atoms with Gasteiger partial charge < -0.3 is 15.3 Å². The summed E-state index contributed by atoms with van der Waals surface area (Å²) < 4.78 is 5.03. The van der Waals surface area contributed by atoms with Gasteiger partial charge in [0.2, 0.25) is 5.71 Å². The third-order valence-electron chi connectivity index (χ3n) is 3.58. The van der Waals surface area contributed by atoms with Gasteiger partial charge in [0.05, 0.1) is 6.61 Å². The number of aromatic nitrogens is 1. The van der Waals surface area contributed by atoms with E-state index in [-0.39, 0.29) is 18.4 Å². The Labute approximate surface area is 134 Å². The van der Waals surface area contributed by atoms with Crippen LogP contribution in [0.1, 0.15) is 57.6 Å². The molecular formula is C15H23N3O3S. The summed E-state index contributed by atoms with van der Waals surface area (Å²) in [6, 6.07) is 0. The number of anilines is 1. The second-order valence-corrected chi connectivity index (χ2v) is 6.19. The number of carbonyl (C=O) groups is 1. The molecule has 6 nitrogen and oxygen atoms in total. The highest BCUT2D eigenvalue weighted by molar-refractivity contribution is 7.13. The van der Waals surface area contributed by atoms with Gasteiger partial charge in [0.15, 0.2) is 5.13 Å². The second-order valence-electron chi connectivity index (χ2n) is 5.30. The Bertz CT molecular complexity index is 508. The summed E-state index contributed by atoms with van der Waals surface area (Å²) >= 11 is 1.26. The number of rotatable bonds is 5. The van der Waals surface area contributed by atoms with E-state index in [1.165, 1.54) is 30.6 Å². The maximum Gasteiger partial charge on any atom is 0.362 e. The third-order valence-corrected chi connectivity index (χ3v) is 4.25. The van der Waals surface area contributed by atoms with Crippen molar-refractivity contribution in [3.63, 3.8) is 0 Å². The summed E-state index contributed by atoms with van der Waals surface area (Å²) in [6.07, 6.45) is 8.03. The van der Waals surface area contributed by atoms with Crippen LogP contribution in [-0.4, -0.2) is 29.4 Å². The Morgan fingerprint density at radius 2 is 2.05 bits per heavy atom. The van der Waals surface area contributed by atoms with Crippen LogP contribution < -0.4 is 5.73 Å². The summed E-state index contributed by atoms with van der Waals surface area (Å²) in [4.78, 5) is 21.8. The molecule has 0 saturated heterocycles. The zero-order chi connectivity index (χ0) is 15.8. The number of oxime groups is 1. The van der Waals surface area contributed by atoms with Crippen molar-refractivity contribution in [2.75, 3.05) is 12.3 Å². The Hall–Kier alpha value is -1.63. The van der Waals surface area contributed by atoms with E-state index in [1.807, 2.05) is 0 Å².